The molecule has 1 aromatic heterocycles. The van der Waals surface area contributed by atoms with Crippen molar-refractivity contribution in [2.24, 2.45) is 0 Å². The summed E-state index contributed by atoms with van der Waals surface area (Å²) in [6, 6.07) is 9.71. The second-order valence-corrected chi connectivity index (χ2v) is 6.01. The third-order valence-electron chi connectivity index (χ3n) is 3.75. The van der Waals surface area contributed by atoms with Crippen LogP contribution in [0.4, 0.5) is 0 Å². The fourth-order valence-electron chi connectivity index (χ4n) is 2.74. The van der Waals surface area contributed by atoms with Crippen molar-refractivity contribution >= 4 is 15.9 Å². The van der Waals surface area contributed by atoms with Gasteiger partial charge in [0.1, 0.15) is 11.6 Å². The van der Waals surface area contributed by atoms with Crippen molar-refractivity contribution in [1.82, 2.24) is 9.88 Å². The molecule has 2 heterocycles. The Balaban J connectivity index is 2.04. The van der Waals surface area contributed by atoms with Crippen molar-refractivity contribution in [2.45, 2.75) is 19.5 Å². The summed E-state index contributed by atoms with van der Waals surface area (Å²) in [6.45, 7) is 2.33. The quantitative estimate of drug-likeness (QED) is 0.909. The molecule has 3 rings (SSSR count). The summed E-state index contributed by atoms with van der Waals surface area (Å²) < 4.78 is 2.34. The van der Waals surface area contributed by atoms with Crippen LogP contribution in [0.5, 0.6) is 0 Å². The molecule has 5 heteroatoms. The van der Waals surface area contributed by atoms with E-state index in [0.717, 1.165) is 29.5 Å². The fourth-order valence-corrected chi connectivity index (χ4v) is 3.22. The van der Waals surface area contributed by atoms with Gasteiger partial charge >= 0.3 is 0 Å². The number of benzene rings is 1. The molecule has 0 atom stereocenters. The lowest BCUT2D eigenvalue weighted by atomic mass is 9.95. The van der Waals surface area contributed by atoms with E-state index in [1.165, 1.54) is 11.1 Å². The molecule has 0 saturated carbocycles. The topological polar surface area (TPSA) is 57.8 Å². The van der Waals surface area contributed by atoms with Crippen LogP contribution in [-0.4, -0.2) is 11.1 Å². The van der Waals surface area contributed by atoms with Crippen LogP contribution in [-0.2, 0) is 19.5 Å². The molecule has 1 aliphatic rings. The standard InChI is InChI=1S/C16H14BrN3O/c17-14-6-13(7-18)16(21)20(10-14)9-12-3-1-2-11-8-19-5-4-15(11)12/h1-3,6,10,19H,4-5,8-9H2. The Labute approximate surface area is 131 Å². The van der Waals surface area contributed by atoms with Crippen molar-refractivity contribution in [1.29, 1.82) is 5.26 Å². The van der Waals surface area contributed by atoms with E-state index in [1.807, 2.05) is 12.1 Å². The average Bonchev–Trinajstić information content (AvgIpc) is 2.51. The number of hydrogen-bond acceptors (Lipinski definition) is 3. The van der Waals surface area contributed by atoms with Crippen LogP contribution in [0.25, 0.3) is 0 Å². The van der Waals surface area contributed by atoms with E-state index in [0.29, 0.717) is 6.54 Å². The molecule has 106 valence electrons. The molecule has 21 heavy (non-hydrogen) atoms. The highest BCUT2D eigenvalue weighted by atomic mass is 79.9. The van der Waals surface area contributed by atoms with Crippen molar-refractivity contribution < 1.29 is 0 Å². The first-order valence-corrected chi connectivity index (χ1v) is 7.59. The Morgan fingerprint density at radius 2 is 2.29 bits per heavy atom. The van der Waals surface area contributed by atoms with E-state index >= 15 is 0 Å². The largest absolute Gasteiger partial charge is 0.312 e. The molecule has 0 bridgehead atoms. The highest BCUT2D eigenvalue weighted by molar-refractivity contribution is 9.10. The Morgan fingerprint density at radius 3 is 3.10 bits per heavy atom. The minimum absolute atomic E-state index is 0.163. The van der Waals surface area contributed by atoms with Gasteiger partial charge in [-0.1, -0.05) is 18.2 Å². The molecule has 0 fully saturated rings. The molecule has 0 aliphatic carbocycles. The molecule has 0 saturated heterocycles. The van der Waals surface area contributed by atoms with Crippen molar-refractivity contribution in [3.8, 4) is 6.07 Å². The fraction of sp³-hybridized carbons (Fsp3) is 0.250. The summed E-state index contributed by atoms with van der Waals surface area (Å²) in [6.07, 6.45) is 2.71. The molecule has 1 N–H and O–H groups in total. The second kappa shape index (κ2) is 5.84. The normalized spacial score (nSPS) is 13.5. The van der Waals surface area contributed by atoms with Gasteiger partial charge in [-0.3, -0.25) is 4.79 Å². The number of aromatic nitrogens is 1. The molecule has 1 aliphatic heterocycles. The first-order chi connectivity index (χ1) is 10.2. The highest BCUT2D eigenvalue weighted by Crippen LogP contribution is 2.20. The summed E-state index contributed by atoms with van der Waals surface area (Å²) >= 11 is 3.36. The lowest BCUT2D eigenvalue weighted by Crippen LogP contribution is -2.27. The maximum atomic E-state index is 12.2. The minimum Gasteiger partial charge on any atom is -0.312 e. The summed E-state index contributed by atoms with van der Waals surface area (Å²) in [4.78, 5) is 12.2. The molecular formula is C16H14BrN3O. The van der Waals surface area contributed by atoms with Crippen LogP contribution >= 0.6 is 15.9 Å². The van der Waals surface area contributed by atoms with Crippen LogP contribution < -0.4 is 10.9 Å². The van der Waals surface area contributed by atoms with Gasteiger partial charge in [0.25, 0.3) is 5.56 Å². The van der Waals surface area contributed by atoms with Crippen LogP contribution in [0.15, 0.2) is 39.7 Å². The Morgan fingerprint density at radius 1 is 1.43 bits per heavy atom. The van der Waals surface area contributed by atoms with Crippen molar-refractivity contribution in [3.63, 3.8) is 0 Å². The monoisotopic (exact) mass is 343 g/mol. The zero-order valence-corrected chi connectivity index (χ0v) is 13.0. The highest BCUT2D eigenvalue weighted by Gasteiger charge is 2.13. The van der Waals surface area contributed by atoms with Gasteiger partial charge in [0.15, 0.2) is 0 Å². The van der Waals surface area contributed by atoms with Crippen molar-refractivity contribution in [3.05, 3.63) is 67.5 Å². The van der Waals surface area contributed by atoms with Gasteiger partial charge in [0.05, 0.1) is 6.54 Å². The van der Waals surface area contributed by atoms with Gasteiger partial charge in [0.2, 0.25) is 0 Å². The van der Waals surface area contributed by atoms with Crippen LogP contribution in [0.3, 0.4) is 0 Å². The van der Waals surface area contributed by atoms with Crippen LogP contribution in [0.2, 0.25) is 0 Å². The summed E-state index contributed by atoms with van der Waals surface area (Å²) in [5.41, 5.74) is 3.69. The van der Waals surface area contributed by atoms with E-state index in [4.69, 9.17) is 5.26 Å². The molecule has 0 radical (unpaired) electrons. The summed E-state index contributed by atoms with van der Waals surface area (Å²) in [5, 5.41) is 12.4. The number of nitrogens with one attached hydrogen (secondary N) is 1. The number of pyridine rings is 1. The number of nitrogens with zero attached hydrogens (tertiary/aromatic N) is 2. The second-order valence-electron chi connectivity index (χ2n) is 5.10. The maximum Gasteiger partial charge on any atom is 0.268 e. The molecule has 0 unspecified atom stereocenters. The lowest BCUT2D eigenvalue weighted by Gasteiger charge is -2.21. The van der Waals surface area contributed by atoms with E-state index < -0.39 is 0 Å². The average molecular weight is 344 g/mol. The third-order valence-corrected chi connectivity index (χ3v) is 4.18. The third kappa shape index (κ3) is 2.78. The minimum atomic E-state index is -0.243. The van der Waals surface area contributed by atoms with E-state index in [9.17, 15) is 4.79 Å². The molecule has 0 spiro atoms. The number of rotatable bonds is 2. The lowest BCUT2D eigenvalue weighted by molar-refractivity contribution is 0.632. The Kier molecular flexibility index (Phi) is 3.91. The zero-order valence-electron chi connectivity index (χ0n) is 11.4. The number of hydrogen-bond donors (Lipinski definition) is 1. The number of halogens is 1. The molecular weight excluding hydrogens is 330 g/mol. The molecule has 2 aromatic rings. The van der Waals surface area contributed by atoms with Crippen LogP contribution in [0.1, 0.15) is 22.3 Å². The van der Waals surface area contributed by atoms with E-state index in [1.54, 1.807) is 16.8 Å². The van der Waals surface area contributed by atoms with Gasteiger partial charge in [0, 0.05) is 17.2 Å². The number of nitriles is 1. The predicted octanol–water partition coefficient (Wildman–Crippen LogP) is 2.18. The first kappa shape index (κ1) is 14.1. The molecule has 4 nitrogen and oxygen atoms in total. The van der Waals surface area contributed by atoms with Gasteiger partial charge in [-0.25, -0.2) is 0 Å². The smallest absolute Gasteiger partial charge is 0.268 e. The number of fused-ring (bicyclic) bond motifs is 1. The zero-order chi connectivity index (χ0) is 14.8. The van der Waals surface area contributed by atoms with E-state index in [-0.39, 0.29) is 11.1 Å². The molecule has 1 aromatic carbocycles. The summed E-state index contributed by atoms with van der Waals surface area (Å²) in [5.74, 6) is 0. The SMILES string of the molecule is N#Cc1cc(Br)cn(Cc2cccc3c2CCNC3)c1=O. The maximum absolute atomic E-state index is 12.2. The predicted molar refractivity (Wildman–Crippen MR) is 84.1 cm³/mol. The van der Waals surface area contributed by atoms with Gasteiger partial charge < -0.3 is 9.88 Å². The van der Waals surface area contributed by atoms with Gasteiger partial charge in [-0.05, 0) is 51.7 Å². The van der Waals surface area contributed by atoms with Crippen molar-refractivity contribution in [2.75, 3.05) is 6.54 Å². The van der Waals surface area contributed by atoms with Crippen LogP contribution in [0, 0.1) is 11.3 Å². The van der Waals surface area contributed by atoms with Gasteiger partial charge in [-0.15, -0.1) is 0 Å². The van der Waals surface area contributed by atoms with Gasteiger partial charge in [-0.2, -0.15) is 5.26 Å². The van der Waals surface area contributed by atoms with E-state index in [2.05, 4.69) is 33.4 Å². The Hall–Kier alpha value is -1.90. The Bertz CT molecular complexity index is 789. The molecule has 0 amide bonds. The first-order valence-electron chi connectivity index (χ1n) is 6.79. The summed E-state index contributed by atoms with van der Waals surface area (Å²) in [7, 11) is 0.